The molecule has 144 valence electrons. The van der Waals surface area contributed by atoms with E-state index in [0.29, 0.717) is 0 Å². The van der Waals surface area contributed by atoms with Crippen LogP contribution in [0.3, 0.4) is 0 Å². The molecule has 0 bridgehead atoms. The van der Waals surface area contributed by atoms with Crippen molar-refractivity contribution in [3.8, 4) is 0 Å². The number of nitrogens with one attached hydrogen (secondary N) is 2. The Hall–Kier alpha value is -2.34. The van der Waals surface area contributed by atoms with Gasteiger partial charge in [0.25, 0.3) is 0 Å². The molecule has 1 atom stereocenters. The molecule has 1 aromatic carbocycles. The van der Waals surface area contributed by atoms with Crippen LogP contribution in [0.5, 0.6) is 0 Å². The van der Waals surface area contributed by atoms with Gasteiger partial charge in [-0.3, -0.25) is 9.58 Å². The average Bonchev–Trinajstić information content (AvgIpc) is 3.06. The summed E-state index contributed by atoms with van der Waals surface area (Å²) >= 11 is 0. The molecule has 6 nitrogen and oxygen atoms in total. The van der Waals surface area contributed by atoms with E-state index in [4.69, 9.17) is 0 Å². The second-order valence-corrected chi connectivity index (χ2v) is 7.77. The number of fused-ring (bicyclic) bond motifs is 1. The van der Waals surface area contributed by atoms with Crippen molar-refractivity contribution in [1.82, 2.24) is 25.3 Å². The lowest BCUT2D eigenvalue weighted by molar-refractivity contribution is 0.185. The van der Waals surface area contributed by atoms with E-state index in [1.807, 2.05) is 17.9 Å². The molecule has 4 rings (SSSR count). The Morgan fingerprint density at radius 2 is 1.93 bits per heavy atom. The lowest BCUT2D eigenvalue weighted by atomic mass is 9.93. The largest absolute Gasteiger partial charge is 0.335 e. The van der Waals surface area contributed by atoms with Crippen LogP contribution < -0.4 is 10.6 Å². The minimum absolute atomic E-state index is 0.0433. The number of urea groups is 1. The molecule has 2 heterocycles. The highest BCUT2D eigenvalue weighted by molar-refractivity contribution is 5.74. The van der Waals surface area contributed by atoms with Gasteiger partial charge in [0.05, 0.1) is 12.2 Å². The lowest BCUT2D eigenvalue weighted by Gasteiger charge is -2.33. The summed E-state index contributed by atoms with van der Waals surface area (Å²) in [7, 11) is 1.98. The summed E-state index contributed by atoms with van der Waals surface area (Å²) in [6.07, 6.45) is 7.04. The van der Waals surface area contributed by atoms with E-state index in [1.165, 1.54) is 16.8 Å². The second kappa shape index (κ2) is 8.13. The number of hydrogen-bond donors (Lipinski definition) is 2. The third-order valence-electron chi connectivity index (χ3n) is 5.85. The van der Waals surface area contributed by atoms with Crippen LogP contribution in [0.25, 0.3) is 0 Å². The Bertz CT molecular complexity index is 764. The minimum atomic E-state index is -0.0433. The minimum Gasteiger partial charge on any atom is -0.335 e. The third-order valence-corrected chi connectivity index (χ3v) is 5.85. The molecule has 27 heavy (non-hydrogen) atoms. The smallest absolute Gasteiger partial charge is 0.315 e. The molecule has 2 amide bonds. The molecule has 2 N–H and O–H groups in total. The molecule has 1 aliphatic heterocycles. The number of carbonyl (C=O) groups excluding carboxylic acids is 1. The Balaban J connectivity index is 1.24. The van der Waals surface area contributed by atoms with Crippen LogP contribution in [0.2, 0.25) is 0 Å². The quantitative estimate of drug-likeness (QED) is 0.873. The Morgan fingerprint density at radius 3 is 2.70 bits per heavy atom. The van der Waals surface area contributed by atoms with E-state index >= 15 is 0 Å². The first-order chi connectivity index (χ1) is 13.2. The number of likely N-dealkylation sites (tertiary alicyclic amines) is 1. The van der Waals surface area contributed by atoms with E-state index in [0.717, 1.165) is 51.7 Å². The third kappa shape index (κ3) is 4.33. The first kappa shape index (κ1) is 18.0. The molecule has 2 aromatic rings. The normalized spacial score (nSPS) is 20.9. The summed E-state index contributed by atoms with van der Waals surface area (Å²) in [5.74, 6) is 0. The zero-order valence-electron chi connectivity index (χ0n) is 16.0. The maximum atomic E-state index is 12.5. The molecule has 0 spiro atoms. The van der Waals surface area contributed by atoms with Gasteiger partial charge in [-0.1, -0.05) is 30.3 Å². The van der Waals surface area contributed by atoms with Gasteiger partial charge in [0.15, 0.2) is 0 Å². The van der Waals surface area contributed by atoms with Crippen molar-refractivity contribution in [2.45, 2.75) is 50.7 Å². The van der Waals surface area contributed by atoms with E-state index in [2.05, 4.69) is 51.0 Å². The molecular formula is C21H29N5O. The number of aromatic nitrogens is 2. The number of nitrogens with zero attached hydrogens (tertiary/aromatic N) is 3. The monoisotopic (exact) mass is 367 g/mol. The van der Waals surface area contributed by atoms with Crippen LogP contribution in [0.15, 0.2) is 36.5 Å². The van der Waals surface area contributed by atoms with Gasteiger partial charge >= 0.3 is 6.03 Å². The van der Waals surface area contributed by atoms with Crippen LogP contribution in [0.4, 0.5) is 4.79 Å². The maximum absolute atomic E-state index is 12.5. The molecular weight excluding hydrogens is 338 g/mol. The number of rotatable bonds is 4. The topological polar surface area (TPSA) is 62.2 Å². The Labute approximate surface area is 160 Å². The van der Waals surface area contributed by atoms with Crippen LogP contribution in [-0.2, 0) is 20.0 Å². The average molecular weight is 367 g/mol. The van der Waals surface area contributed by atoms with Crippen molar-refractivity contribution in [2.75, 3.05) is 13.1 Å². The van der Waals surface area contributed by atoms with Gasteiger partial charge in [0.1, 0.15) is 0 Å². The maximum Gasteiger partial charge on any atom is 0.315 e. The number of benzene rings is 1. The van der Waals surface area contributed by atoms with Crippen molar-refractivity contribution in [1.29, 1.82) is 0 Å². The number of piperidine rings is 1. The van der Waals surface area contributed by atoms with E-state index in [-0.39, 0.29) is 18.1 Å². The first-order valence-electron chi connectivity index (χ1n) is 10.0. The Morgan fingerprint density at radius 1 is 1.15 bits per heavy atom. The molecule has 1 aromatic heterocycles. The highest BCUT2D eigenvalue weighted by atomic mass is 16.2. The fourth-order valence-corrected chi connectivity index (χ4v) is 4.32. The molecule has 6 heteroatoms. The van der Waals surface area contributed by atoms with Crippen molar-refractivity contribution in [3.05, 3.63) is 53.3 Å². The van der Waals surface area contributed by atoms with Gasteiger partial charge in [-0.25, -0.2) is 4.79 Å². The summed E-state index contributed by atoms with van der Waals surface area (Å²) in [6, 6.07) is 10.9. The van der Waals surface area contributed by atoms with E-state index < -0.39 is 0 Å². The van der Waals surface area contributed by atoms with Crippen LogP contribution in [-0.4, -0.2) is 39.8 Å². The predicted molar refractivity (Wildman–Crippen MR) is 105 cm³/mol. The fraction of sp³-hybridized carbons (Fsp3) is 0.524. The Kier molecular flexibility index (Phi) is 5.43. The van der Waals surface area contributed by atoms with Crippen LogP contribution in [0.1, 0.15) is 48.5 Å². The number of hydrogen-bond acceptors (Lipinski definition) is 3. The zero-order chi connectivity index (χ0) is 18.6. The molecule has 1 saturated heterocycles. The van der Waals surface area contributed by atoms with Gasteiger partial charge in [-0.05, 0) is 37.7 Å². The summed E-state index contributed by atoms with van der Waals surface area (Å²) in [4.78, 5) is 15.0. The standard InChI is InChI=1S/C21H29N5O/c1-25-20-9-5-8-19(18(20)14-22-25)24-21(27)23-17-10-12-26(13-11-17)15-16-6-3-2-4-7-16/h2-4,6-7,14,17,19H,5,8-13,15H2,1H3,(H2,23,24,27). The van der Waals surface area contributed by atoms with Crippen LogP contribution in [0, 0.1) is 0 Å². The van der Waals surface area contributed by atoms with Crippen LogP contribution >= 0.6 is 0 Å². The molecule has 2 aliphatic rings. The van der Waals surface area contributed by atoms with Crippen molar-refractivity contribution in [3.63, 3.8) is 0 Å². The highest BCUT2D eigenvalue weighted by Crippen LogP contribution is 2.29. The fourth-order valence-electron chi connectivity index (χ4n) is 4.32. The zero-order valence-corrected chi connectivity index (χ0v) is 16.0. The van der Waals surface area contributed by atoms with Crippen molar-refractivity contribution >= 4 is 6.03 Å². The predicted octanol–water partition coefficient (Wildman–Crippen LogP) is 2.76. The first-order valence-corrected chi connectivity index (χ1v) is 10.0. The molecule has 1 unspecified atom stereocenters. The molecule has 0 radical (unpaired) electrons. The van der Waals surface area contributed by atoms with Gasteiger partial charge in [0.2, 0.25) is 0 Å². The molecule has 1 aliphatic carbocycles. The van der Waals surface area contributed by atoms with Gasteiger partial charge < -0.3 is 10.6 Å². The van der Waals surface area contributed by atoms with Gasteiger partial charge in [-0.2, -0.15) is 5.10 Å². The molecule has 1 fully saturated rings. The van der Waals surface area contributed by atoms with E-state index in [1.54, 1.807) is 0 Å². The number of carbonyl (C=O) groups is 1. The lowest BCUT2D eigenvalue weighted by Crippen LogP contribution is -2.48. The molecule has 0 saturated carbocycles. The van der Waals surface area contributed by atoms with Gasteiger partial charge in [-0.15, -0.1) is 0 Å². The summed E-state index contributed by atoms with van der Waals surface area (Å²) in [5.41, 5.74) is 3.78. The highest BCUT2D eigenvalue weighted by Gasteiger charge is 2.26. The van der Waals surface area contributed by atoms with E-state index in [9.17, 15) is 4.79 Å². The summed E-state index contributed by atoms with van der Waals surface area (Å²) in [6.45, 7) is 3.04. The number of aryl methyl sites for hydroxylation is 1. The van der Waals surface area contributed by atoms with Crippen molar-refractivity contribution < 1.29 is 4.79 Å². The van der Waals surface area contributed by atoms with Gasteiger partial charge in [0, 0.05) is 44.0 Å². The van der Waals surface area contributed by atoms with Crippen molar-refractivity contribution in [2.24, 2.45) is 7.05 Å². The SMILES string of the molecule is Cn1ncc2c1CCCC2NC(=O)NC1CCN(Cc2ccccc2)CC1. The second-order valence-electron chi connectivity index (χ2n) is 7.77. The summed E-state index contributed by atoms with van der Waals surface area (Å²) < 4.78 is 1.93. The number of amides is 2. The summed E-state index contributed by atoms with van der Waals surface area (Å²) in [5, 5.41) is 10.7.